The van der Waals surface area contributed by atoms with Gasteiger partial charge in [0.1, 0.15) is 17.5 Å². The SMILES string of the molecule is COC(=O)c1ccc(O[C@H]2CCN(C(=O)OC(C)(C)C)C2)c(-c2cnn(C)c2)c1. The van der Waals surface area contributed by atoms with Crippen LogP contribution in [-0.4, -0.2) is 58.6 Å². The van der Waals surface area contributed by atoms with E-state index in [1.807, 2.05) is 34.0 Å². The minimum Gasteiger partial charge on any atom is -0.488 e. The van der Waals surface area contributed by atoms with Crippen LogP contribution in [0.2, 0.25) is 0 Å². The number of carbonyl (C=O) groups excluding carboxylic acids is 2. The Balaban J connectivity index is 1.79. The van der Waals surface area contributed by atoms with Gasteiger partial charge in [-0.05, 0) is 39.0 Å². The van der Waals surface area contributed by atoms with E-state index in [-0.39, 0.29) is 12.2 Å². The van der Waals surface area contributed by atoms with Crippen molar-refractivity contribution in [2.75, 3.05) is 20.2 Å². The molecule has 0 spiro atoms. The number of aryl methyl sites for hydroxylation is 1. The predicted molar refractivity (Wildman–Crippen MR) is 107 cm³/mol. The van der Waals surface area contributed by atoms with Crippen LogP contribution in [0.4, 0.5) is 4.79 Å². The summed E-state index contributed by atoms with van der Waals surface area (Å²) in [5, 5.41) is 4.21. The maximum absolute atomic E-state index is 12.3. The molecule has 3 rings (SSSR count). The summed E-state index contributed by atoms with van der Waals surface area (Å²) in [5.41, 5.74) is 1.47. The molecule has 1 aliphatic heterocycles. The fraction of sp³-hybridized carbons (Fsp3) is 0.476. The molecule has 1 saturated heterocycles. The summed E-state index contributed by atoms with van der Waals surface area (Å²) in [6.07, 6.45) is 3.76. The third-order valence-corrected chi connectivity index (χ3v) is 4.51. The van der Waals surface area contributed by atoms with Gasteiger partial charge in [0.15, 0.2) is 0 Å². The average Bonchev–Trinajstić information content (AvgIpc) is 3.29. The van der Waals surface area contributed by atoms with Gasteiger partial charge in [0.05, 0.1) is 25.4 Å². The summed E-state index contributed by atoms with van der Waals surface area (Å²) in [6.45, 7) is 6.55. The molecule has 0 aliphatic carbocycles. The van der Waals surface area contributed by atoms with Crippen LogP contribution in [0.1, 0.15) is 37.6 Å². The van der Waals surface area contributed by atoms with Crippen molar-refractivity contribution < 1.29 is 23.8 Å². The van der Waals surface area contributed by atoms with Crippen molar-refractivity contribution in [3.8, 4) is 16.9 Å². The van der Waals surface area contributed by atoms with E-state index in [0.29, 0.717) is 30.8 Å². The minimum absolute atomic E-state index is 0.165. The number of hydrogen-bond acceptors (Lipinski definition) is 6. The molecule has 8 nitrogen and oxygen atoms in total. The van der Waals surface area contributed by atoms with E-state index >= 15 is 0 Å². The van der Waals surface area contributed by atoms with Gasteiger partial charge in [-0.3, -0.25) is 4.68 Å². The largest absolute Gasteiger partial charge is 0.488 e. The summed E-state index contributed by atoms with van der Waals surface area (Å²) in [5.74, 6) is 0.209. The second kappa shape index (κ2) is 8.14. The summed E-state index contributed by atoms with van der Waals surface area (Å²) in [4.78, 5) is 25.9. The second-order valence-corrected chi connectivity index (χ2v) is 8.06. The molecule has 156 valence electrons. The number of hydrogen-bond donors (Lipinski definition) is 0. The van der Waals surface area contributed by atoms with Gasteiger partial charge in [0.25, 0.3) is 0 Å². The van der Waals surface area contributed by atoms with Crippen LogP contribution in [0.15, 0.2) is 30.6 Å². The molecule has 2 heterocycles. The van der Waals surface area contributed by atoms with Crippen molar-refractivity contribution >= 4 is 12.1 Å². The Kier molecular flexibility index (Phi) is 5.81. The number of rotatable bonds is 4. The molecule has 2 aromatic rings. The number of benzene rings is 1. The Labute approximate surface area is 170 Å². The molecular weight excluding hydrogens is 374 g/mol. The molecule has 8 heteroatoms. The topological polar surface area (TPSA) is 82.9 Å². The van der Waals surface area contributed by atoms with Crippen molar-refractivity contribution in [1.29, 1.82) is 0 Å². The summed E-state index contributed by atoms with van der Waals surface area (Å²) >= 11 is 0. The molecule has 29 heavy (non-hydrogen) atoms. The molecule has 0 saturated carbocycles. The molecule has 0 bridgehead atoms. The summed E-state index contributed by atoms with van der Waals surface area (Å²) < 4.78 is 18.2. The van der Waals surface area contributed by atoms with Crippen LogP contribution in [0.25, 0.3) is 11.1 Å². The Hall–Kier alpha value is -3.03. The van der Waals surface area contributed by atoms with Gasteiger partial charge >= 0.3 is 12.1 Å². The van der Waals surface area contributed by atoms with Crippen molar-refractivity contribution in [2.45, 2.75) is 38.9 Å². The maximum atomic E-state index is 12.3. The zero-order valence-corrected chi connectivity index (χ0v) is 17.5. The van der Waals surface area contributed by atoms with Gasteiger partial charge in [0, 0.05) is 37.3 Å². The van der Waals surface area contributed by atoms with E-state index in [1.54, 1.807) is 34.0 Å². The van der Waals surface area contributed by atoms with Crippen molar-refractivity contribution in [3.05, 3.63) is 36.2 Å². The maximum Gasteiger partial charge on any atom is 0.410 e. The fourth-order valence-corrected chi connectivity index (χ4v) is 3.16. The Morgan fingerprint density at radius 2 is 2.00 bits per heavy atom. The van der Waals surface area contributed by atoms with E-state index in [0.717, 1.165) is 11.1 Å². The van der Waals surface area contributed by atoms with Crippen LogP contribution in [0.3, 0.4) is 0 Å². The summed E-state index contributed by atoms with van der Waals surface area (Å²) in [6, 6.07) is 5.16. The van der Waals surface area contributed by atoms with Gasteiger partial charge in [-0.2, -0.15) is 5.10 Å². The third-order valence-electron chi connectivity index (χ3n) is 4.51. The van der Waals surface area contributed by atoms with E-state index in [1.165, 1.54) is 7.11 Å². The van der Waals surface area contributed by atoms with Crippen LogP contribution in [0, 0.1) is 0 Å². The summed E-state index contributed by atoms with van der Waals surface area (Å²) in [7, 11) is 3.17. The fourth-order valence-electron chi connectivity index (χ4n) is 3.16. The smallest absolute Gasteiger partial charge is 0.410 e. The minimum atomic E-state index is -0.535. The van der Waals surface area contributed by atoms with Gasteiger partial charge < -0.3 is 19.1 Å². The number of nitrogens with zero attached hydrogens (tertiary/aromatic N) is 3. The van der Waals surface area contributed by atoms with Gasteiger partial charge in [-0.1, -0.05) is 0 Å². The number of aromatic nitrogens is 2. The first-order valence-electron chi connectivity index (χ1n) is 9.52. The van der Waals surface area contributed by atoms with E-state index in [4.69, 9.17) is 14.2 Å². The lowest BCUT2D eigenvalue weighted by atomic mass is 10.0. The molecule has 0 radical (unpaired) electrons. The van der Waals surface area contributed by atoms with Crippen LogP contribution in [0.5, 0.6) is 5.75 Å². The number of esters is 1. The lowest BCUT2D eigenvalue weighted by Gasteiger charge is -2.24. The number of carbonyl (C=O) groups is 2. The average molecular weight is 401 g/mol. The zero-order valence-electron chi connectivity index (χ0n) is 17.5. The molecule has 1 amide bonds. The standard InChI is InChI=1S/C21H27N3O5/c1-21(2,3)29-20(26)24-9-8-16(13-24)28-18-7-6-14(19(25)27-5)10-17(18)15-11-22-23(4)12-15/h6-7,10-12,16H,8-9,13H2,1-5H3/t16-/m0/s1. The van der Waals surface area contributed by atoms with Gasteiger partial charge in [-0.25, -0.2) is 9.59 Å². The highest BCUT2D eigenvalue weighted by molar-refractivity contribution is 5.91. The number of amides is 1. The molecule has 1 aromatic carbocycles. The first kappa shape index (κ1) is 20.7. The highest BCUT2D eigenvalue weighted by Gasteiger charge is 2.31. The molecule has 1 atom stereocenters. The number of methoxy groups -OCH3 is 1. The zero-order chi connectivity index (χ0) is 21.2. The third kappa shape index (κ3) is 5.07. The lowest BCUT2D eigenvalue weighted by Crippen LogP contribution is -2.36. The van der Waals surface area contributed by atoms with E-state index in [9.17, 15) is 9.59 Å². The van der Waals surface area contributed by atoms with Crippen molar-refractivity contribution in [1.82, 2.24) is 14.7 Å². The monoisotopic (exact) mass is 401 g/mol. The van der Waals surface area contributed by atoms with Crippen LogP contribution >= 0.6 is 0 Å². The second-order valence-electron chi connectivity index (χ2n) is 8.06. The van der Waals surface area contributed by atoms with Crippen molar-refractivity contribution in [2.24, 2.45) is 7.05 Å². The molecule has 1 aliphatic rings. The van der Waals surface area contributed by atoms with E-state index < -0.39 is 11.6 Å². The molecule has 0 N–H and O–H groups in total. The molecule has 0 unspecified atom stereocenters. The van der Waals surface area contributed by atoms with Crippen LogP contribution < -0.4 is 4.74 Å². The first-order chi connectivity index (χ1) is 13.7. The number of likely N-dealkylation sites (tertiary alicyclic amines) is 1. The predicted octanol–water partition coefficient (Wildman–Crippen LogP) is 3.26. The highest BCUT2D eigenvalue weighted by atomic mass is 16.6. The first-order valence-corrected chi connectivity index (χ1v) is 9.52. The van der Waals surface area contributed by atoms with Gasteiger partial charge in [0.2, 0.25) is 0 Å². The Morgan fingerprint density at radius 1 is 1.24 bits per heavy atom. The normalized spacial score (nSPS) is 16.6. The van der Waals surface area contributed by atoms with Crippen molar-refractivity contribution in [3.63, 3.8) is 0 Å². The van der Waals surface area contributed by atoms with Crippen LogP contribution in [-0.2, 0) is 16.5 Å². The Morgan fingerprint density at radius 3 is 2.62 bits per heavy atom. The molecule has 1 aromatic heterocycles. The Bertz CT molecular complexity index is 900. The molecule has 1 fully saturated rings. The molecular formula is C21H27N3O5. The van der Waals surface area contributed by atoms with E-state index in [2.05, 4.69) is 5.10 Å². The highest BCUT2D eigenvalue weighted by Crippen LogP contribution is 2.33. The lowest BCUT2D eigenvalue weighted by molar-refractivity contribution is 0.0275. The quantitative estimate of drug-likeness (QED) is 0.732. The number of ether oxygens (including phenoxy) is 3. The van der Waals surface area contributed by atoms with Gasteiger partial charge in [-0.15, -0.1) is 0 Å².